The first kappa shape index (κ1) is 11.0. The maximum Gasteiger partial charge on any atom is 0.0341 e. The van der Waals surface area contributed by atoms with E-state index in [4.69, 9.17) is 11.6 Å². The molecule has 0 aliphatic heterocycles. The molecule has 0 amide bonds. The molecule has 1 aliphatic rings. The first-order chi connectivity index (χ1) is 7.25. The Morgan fingerprint density at radius 2 is 2.00 bits per heavy atom. The van der Waals surface area contributed by atoms with Crippen molar-refractivity contribution in [3.05, 3.63) is 35.4 Å². The van der Waals surface area contributed by atoms with Crippen LogP contribution in [-0.4, -0.2) is 5.38 Å². The summed E-state index contributed by atoms with van der Waals surface area (Å²) in [7, 11) is 0. The van der Waals surface area contributed by atoms with Gasteiger partial charge in [0.1, 0.15) is 0 Å². The van der Waals surface area contributed by atoms with Crippen molar-refractivity contribution >= 4 is 11.6 Å². The van der Waals surface area contributed by atoms with Gasteiger partial charge in [-0.05, 0) is 37.7 Å². The van der Waals surface area contributed by atoms with Crippen LogP contribution in [0.15, 0.2) is 24.3 Å². The van der Waals surface area contributed by atoms with E-state index < -0.39 is 0 Å². The molecule has 0 spiro atoms. The predicted molar refractivity (Wildman–Crippen MR) is 66.6 cm³/mol. The van der Waals surface area contributed by atoms with Crippen molar-refractivity contribution < 1.29 is 0 Å². The lowest BCUT2D eigenvalue weighted by atomic mass is 9.91. The van der Waals surface area contributed by atoms with Gasteiger partial charge in [-0.1, -0.05) is 42.7 Å². The molecule has 1 aromatic carbocycles. The molecule has 1 aliphatic carbocycles. The monoisotopic (exact) mass is 222 g/mol. The lowest BCUT2D eigenvalue weighted by Crippen LogP contribution is -2.04. The molecule has 0 bridgehead atoms. The Hall–Kier alpha value is -0.490. The molecular formula is C14H19Cl. The van der Waals surface area contributed by atoms with Crippen molar-refractivity contribution in [1.82, 2.24) is 0 Å². The lowest BCUT2D eigenvalue weighted by Gasteiger charge is -2.16. The van der Waals surface area contributed by atoms with Crippen molar-refractivity contribution in [1.29, 1.82) is 0 Å². The molecule has 15 heavy (non-hydrogen) atoms. The zero-order valence-electron chi connectivity index (χ0n) is 9.38. The number of alkyl halides is 1. The van der Waals surface area contributed by atoms with Crippen LogP contribution in [-0.2, 0) is 0 Å². The fourth-order valence-corrected chi connectivity index (χ4v) is 2.90. The number of benzene rings is 1. The molecule has 1 saturated carbocycles. The molecule has 2 rings (SSSR count). The van der Waals surface area contributed by atoms with Gasteiger partial charge in [-0.2, -0.15) is 0 Å². The van der Waals surface area contributed by atoms with Gasteiger partial charge < -0.3 is 0 Å². The van der Waals surface area contributed by atoms with E-state index in [9.17, 15) is 0 Å². The number of hydrogen-bond donors (Lipinski definition) is 0. The molecule has 2 unspecified atom stereocenters. The molecule has 1 heteroatoms. The number of rotatable bonds is 1. The van der Waals surface area contributed by atoms with Crippen LogP contribution < -0.4 is 0 Å². The summed E-state index contributed by atoms with van der Waals surface area (Å²) in [6.45, 7) is 2.17. The van der Waals surface area contributed by atoms with E-state index in [1.165, 1.54) is 36.8 Å². The van der Waals surface area contributed by atoms with Gasteiger partial charge in [0.15, 0.2) is 0 Å². The number of halogens is 1. The average Bonchev–Trinajstić information content (AvgIpc) is 2.43. The third-order valence-electron chi connectivity index (χ3n) is 3.37. The number of hydrogen-bond acceptors (Lipinski definition) is 0. The number of aryl methyl sites for hydroxylation is 1. The summed E-state index contributed by atoms with van der Waals surface area (Å²) in [5.41, 5.74) is 2.85. The first-order valence-corrected chi connectivity index (χ1v) is 6.40. The van der Waals surface area contributed by atoms with E-state index in [2.05, 4.69) is 31.2 Å². The SMILES string of the molecule is Cc1cccc(C2CCCCC(Cl)C2)c1. The summed E-state index contributed by atoms with van der Waals surface area (Å²) in [5.74, 6) is 0.690. The third kappa shape index (κ3) is 2.98. The molecule has 0 saturated heterocycles. The molecule has 0 aromatic heterocycles. The van der Waals surface area contributed by atoms with Crippen molar-refractivity contribution in [2.24, 2.45) is 0 Å². The Morgan fingerprint density at radius 1 is 1.20 bits per heavy atom. The molecule has 0 N–H and O–H groups in total. The second kappa shape index (κ2) is 5.03. The highest BCUT2D eigenvalue weighted by Crippen LogP contribution is 2.34. The van der Waals surface area contributed by atoms with Gasteiger partial charge in [-0.3, -0.25) is 0 Å². The Kier molecular flexibility index (Phi) is 3.69. The minimum atomic E-state index is 0.387. The van der Waals surface area contributed by atoms with Crippen molar-refractivity contribution in [3.8, 4) is 0 Å². The van der Waals surface area contributed by atoms with Gasteiger partial charge in [-0.15, -0.1) is 11.6 Å². The highest BCUT2D eigenvalue weighted by Gasteiger charge is 2.19. The summed E-state index contributed by atoms with van der Waals surface area (Å²) in [6.07, 6.45) is 6.31. The minimum Gasteiger partial charge on any atom is -0.123 e. The van der Waals surface area contributed by atoms with Crippen LogP contribution in [0.5, 0.6) is 0 Å². The molecule has 0 radical (unpaired) electrons. The standard InChI is InChI=1S/C14H19Cl/c1-11-5-4-7-12(9-11)13-6-2-3-8-14(15)10-13/h4-5,7,9,13-14H,2-3,6,8,10H2,1H3. The van der Waals surface area contributed by atoms with E-state index in [0.717, 1.165) is 6.42 Å². The van der Waals surface area contributed by atoms with Gasteiger partial charge in [-0.25, -0.2) is 0 Å². The first-order valence-electron chi connectivity index (χ1n) is 5.96. The van der Waals surface area contributed by atoms with Crippen molar-refractivity contribution in [3.63, 3.8) is 0 Å². The molecule has 1 fully saturated rings. The Balaban J connectivity index is 2.14. The zero-order valence-corrected chi connectivity index (χ0v) is 10.1. The van der Waals surface area contributed by atoms with E-state index >= 15 is 0 Å². The topological polar surface area (TPSA) is 0 Å². The van der Waals surface area contributed by atoms with Crippen LogP contribution in [0.25, 0.3) is 0 Å². The maximum absolute atomic E-state index is 6.31. The maximum atomic E-state index is 6.31. The highest BCUT2D eigenvalue weighted by molar-refractivity contribution is 6.20. The smallest absolute Gasteiger partial charge is 0.0341 e. The van der Waals surface area contributed by atoms with Crippen molar-refractivity contribution in [2.75, 3.05) is 0 Å². The summed E-state index contributed by atoms with van der Waals surface area (Å²) >= 11 is 6.31. The second-order valence-corrected chi connectivity index (χ2v) is 5.35. The quantitative estimate of drug-likeness (QED) is 0.479. The molecule has 1 aromatic rings. The molecular weight excluding hydrogens is 204 g/mol. The lowest BCUT2D eigenvalue weighted by molar-refractivity contribution is 0.595. The Labute approximate surface area is 97.6 Å². The largest absolute Gasteiger partial charge is 0.123 e. The Bertz CT molecular complexity index is 319. The van der Waals surface area contributed by atoms with Gasteiger partial charge in [0.2, 0.25) is 0 Å². The fourth-order valence-electron chi connectivity index (χ4n) is 2.53. The summed E-state index contributed by atoms with van der Waals surface area (Å²) in [5, 5.41) is 0.387. The van der Waals surface area contributed by atoms with Crippen molar-refractivity contribution in [2.45, 2.75) is 50.3 Å². The fraction of sp³-hybridized carbons (Fsp3) is 0.571. The highest BCUT2D eigenvalue weighted by atomic mass is 35.5. The van der Waals surface area contributed by atoms with Crippen LogP contribution in [0.2, 0.25) is 0 Å². The summed E-state index contributed by atoms with van der Waals surface area (Å²) in [4.78, 5) is 0. The van der Waals surface area contributed by atoms with Crippen LogP contribution in [0.4, 0.5) is 0 Å². The van der Waals surface area contributed by atoms with Crippen LogP contribution in [0, 0.1) is 6.92 Å². The van der Waals surface area contributed by atoms with Gasteiger partial charge in [0.05, 0.1) is 0 Å². The summed E-state index contributed by atoms with van der Waals surface area (Å²) < 4.78 is 0. The average molecular weight is 223 g/mol. The molecule has 82 valence electrons. The third-order valence-corrected chi connectivity index (χ3v) is 3.77. The Morgan fingerprint density at radius 3 is 2.80 bits per heavy atom. The molecule has 0 heterocycles. The van der Waals surface area contributed by atoms with Crippen LogP contribution in [0.3, 0.4) is 0 Å². The van der Waals surface area contributed by atoms with Crippen LogP contribution in [0.1, 0.15) is 49.1 Å². The van der Waals surface area contributed by atoms with Gasteiger partial charge >= 0.3 is 0 Å². The molecule has 0 nitrogen and oxygen atoms in total. The predicted octanol–water partition coefficient (Wildman–Crippen LogP) is 4.65. The van der Waals surface area contributed by atoms with E-state index in [1.807, 2.05) is 0 Å². The van der Waals surface area contributed by atoms with E-state index in [0.29, 0.717) is 11.3 Å². The zero-order chi connectivity index (χ0) is 10.7. The van der Waals surface area contributed by atoms with Gasteiger partial charge in [0, 0.05) is 5.38 Å². The van der Waals surface area contributed by atoms with Crippen LogP contribution >= 0.6 is 11.6 Å². The van der Waals surface area contributed by atoms with E-state index in [-0.39, 0.29) is 0 Å². The van der Waals surface area contributed by atoms with E-state index in [1.54, 1.807) is 0 Å². The van der Waals surface area contributed by atoms with Gasteiger partial charge in [0.25, 0.3) is 0 Å². The normalized spacial score (nSPS) is 27.3. The second-order valence-electron chi connectivity index (χ2n) is 4.73. The molecule has 2 atom stereocenters. The minimum absolute atomic E-state index is 0.387. The summed E-state index contributed by atoms with van der Waals surface area (Å²) in [6, 6.07) is 8.91.